The van der Waals surface area contributed by atoms with E-state index < -0.39 is 5.60 Å². The Morgan fingerprint density at radius 1 is 1.13 bits per heavy atom. The number of urea groups is 1. The van der Waals surface area contributed by atoms with Crippen molar-refractivity contribution in [3.05, 3.63) is 58.6 Å². The van der Waals surface area contributed by atoms with Crippen LogP contribution in [-0.2, 0) is 5.41 Å². The van der Waals surface area contributed by atoms with Crippen molar-refractivity contribution in [3.63, 3.8) is 0 Å². The molecule has 4 rings (SSSR count). The van der Waals surface area contributed by atoms with Crippen LogP contribution in [0.3, 0.4) is 0 Å². The van der Waals surface area contributed by atoms with Crippen LogP contribution in [0.1, 0.15) is 56.0 Å². The van der Waals surface area contributed by atoms with Crippen molar-refractivity contribution in [1.82, 2.24) is 4.90 Å². The predicted octanol–water partition coefficient (Wildman–Crippen LogP) is 5.67. The molecule has 2 aromatic rings. The number of carbonyl (C=O) groups excluding carboxylic acids is 2. The molecular formula is C24H27ClN2O3. The molecule has 0 radical (unpaired) electrons. The zero-order chi connectivity index (χ0) is 21.5. The predicted molar refractivity (Wildman–Crippen MR) is 119 cm³/mol. The zero-order valence-electron chi connectivity index (χ0n) is 17.6. The minimum atomic E-state index is -0.528. The first kappa shape index (κ1) is 20.7. The van der Waals surface area contributed by atoms with E-state index in [9.17, 15) is 9.59 Å². The molecule has 1 fully saturated rings. The largest absolute Gasteiger partial charge is 0.486 e. The maximum absolute atomic E-state index is 12.9. The summed E-state index contributed by atoms with van der Waals surface area (Å²) in [5.74, 6) is 0.787. The lowest BCUT2D eigenvalue weighted by Crippen LogP contribution is -2.53. The summed E-state index contributed by atoms with van der Waals surface area (Å²) < 4.78 is 6.36. The maximum atomic E-state index is 12.9. The highest BCUT2D eigenvalue weighted by atomic mass is 35.5. The molecule has 0 bridgehead atoms. The van der Waals surface area contributed by atoms with E-state index in [1.165, 1.54) is 0 Å². The van der Waals surface area contributed by atoms with Crippen LogP contribution in [0.4, 0.5) is 10.5 Å². The van der Waals surface area contributed by atoms with Crippen molar-refractivity contribution in [2.24, 2.45) is 0 Å². The van der Waals surface area contributed by atoms with Gasteiger partial charge in [0, 0.05) is 36.6 Å². The number of nitrogens with zero attached hydrogens (tertiary/aromatic N) is 1. The molecule has 30 heavy (non-hydrogen) atoms. The van der Waals surface area contributed by atoms with E-state index in [1.54, 1.807) is 29.2 Å². The highest BCUT2D eigenvalue weighted by Crippen LogP contribution is 2.41. The smallest absolute Gasteiger partial charge is 0.321 e. The Hall–Kier alpha value is -2.53. The number of halogens is 1. The second-order valence-corrected chi connectivity index (χ2v) is 9.71. The molecule has 0 atom stereocenters. The molecule has 1 saturated heterocycles. The Morgan fingerprint density at radius 3 is 2.53 bits per heavy atom. The standard InChI is InChI=1S/C24H27ClN2O3/c1-23(2,3)16-7-8-21-19(13-16)20(28)15-24(30-21)9-11-27(12-10-24)22(29)26-18-6-4-5-17(25)14-18/h4-8,13-14H,9-12,15H2,1-3H3,(H,26,29). The van der Waals surface area contributed by atoms with Gasteiger partial charge in [0.25, 0.3) is 0 Å². The van der Waals surface area contributed by atoms with E-state index in [2.05, 4.69) is 26.1 Å². The van der Waals surface area contributed by atoms with Crippen molar-refractivity contribution in [2.75, 3.05) is 18.4 Å². The normalized spacial score (nSPS) is 18.0. The Balaban J connectivity index is 1.43. The molecule has 2 heterocycles. The Bertz CT molecular complexity index is 988. The summed E-state index contributed by atoms with van der Waals surface area (Å²) in [6.07, 6.45) is 1.61. The van der Waals surface area contributed by atoms with Crippen LogP contribution in [0.15, 0.2) is 42.5 Å². The number of anilines is 1. The number of hydrogen-bond donors (Lipinski definition) is 1. The monoisotopic (exact) mass is 426 g/mol. The van der Waals surface area contributed by atoms with E-state index in [0.29, 0.717) is 54.4 Å². The lowest BCUT2D eigenvalue weighted by Gasteiger charge is -2.44. The van der Waals surface area contributed by atoms with Crippen molar-refractivity contribution in [1.29, 1.82) is 0 Å². The number of fused-ring (bicyclic) bond motifs is 1. The molecule has 158 valence electrons. The SMILES string of the molecule is CC(C)(C)c1ccc2c(c1)C(=O)CC1(CCN(C(=O)Nc3cccc(Cl)c3)CC1)O2. The first-order valence-corrected chi connectivity index (χ1v) is 10.7. The van der Waals surface area contributed by atoms with Crippen LogP contribution in [0.25, 0.3) is 0 Å². The number of likely N-dealkylation sites (tertiary alicyclic amines) is 1. The quantitative estimate of drug-likeness (QED) is 0.639. The van der Waals surface area contributed by atoms with E-state index in [-0.39, 0.29) is 17.2 Å². The molecule has 1 N–H and O–H groups in total. The Kier molecular flexibility index (Phi) is 5.27. The van der Waals surface area contributed by atoms with Crippen LogP contribution >= 0.6 is 11.6 Å². The van der Waals surface area contributed by atoms with Crippen LogP contribution in [0.2, 0.25) is 5.02 Å². The lowest BCUT2D eigenvalue weighted by molar-refractivity contribution is 0.000351. The first-order valence-electron chi connectivity index (χ1n) is 10.3. The summed E-state index contributed by atoms with van der Waals surface area (Å²) in [4.78, 5) is 27.3. The Labute approximate surface area is 182 Å². The van der Waals surface area contributed by atoms with E-state index in [4.69, 9.17) is 16.3 Å². The topological polar surface area (TPSA) is 58.6 Å². The van der Waals surface area contributed by atoms with E-state index in [0.717, 1.165) is 5.56 Å². The molecular weight excluding hydrogens is 400 g/mol. The number of hydrogen-bond acceptors (Lipinski definition) is 3. The second-order valence-electron chi connectivity index (χ2n) is 9.27. The molecule has 6 heteroatoms. The molecule has 2 aliphatic heterocycles. The highest BCUT2D eigenvalue weighted by molar-refractivity contribution is 6.30. The van der Waals surface area contributed by atoms with Crippen LogP contribution < -0.4 is 10.1 Å². The van der Waals surface area contributed by atoms with E-state index >= 15 is 0 Å². The number of amides is 2. The molecule has 5 nitrogen and oxygen atoms in total. The highest BCUT2D eigenvalue weighted by Gasteiger charge is 2.44. The molecule has 2 aliphatic rings. The number of Topliss-reactive ketones (excluding diaryl/α,β-unsaturated/α-hetero) is 1. The van der Waals surface area contributed by atoms with Gasteiger partial charge in [-0.2, -0.15) is 0 Å². The van der Waals surface area contributed by atoms with Gasteiger partial charge in [-0.1, -0.05) is 44.5 Å². The van der Waals surface area contributed by atoms with Gasteiger partial charge < -0.3 is 15.0 Å². The number of rotatable bonds is 1. The first-order chi connectivity index (χ1) is 14.2. The van der Waals surface area contributed by atoms with Crippen molar-refractivity contribution in [2.45, 2.75) is 51.0 Å². The number of ketones is 1. The van der Waals surface area contributed by atoms with Gasteiger partial charge in [-0.15, -0.1) is 0 Å². The van der Waals surface area contributed by atoms with Crippen LogP contribution in [0.5, 0.6) is 5.75 Å². The molecule has 2 amide bonds. The van der Waals surface area contributed by atoms with Gasteiger partial charge >= 0.3 is 6.03 Å². The zero-order valence-corrected chi connectivity index (χ0v) is 18.4. The third-order valence-corrected chi connectivity index (χ3v) is 6.23. The van der Waals surface area contributed by atoms with Gasteiger partial charge in [0.15, 0.2) is 5.78 Å². The lowest BCUT2D eigenvalue weighted by atomic mass is 9.80. The van der Waals surface area contributed by atoms with Gasteiger partial charge in [0.1, 0.15) is 11.4 Å². The summed E-state index contributed by atoms with van der Waals surface area (Å²) in [5.41, 5.74) is 1.92. The minimum Gasteiger partial charge on any atom is -0.486 e. The number of benzene rings is 2. The van der Waals surface area contributed by atoms with E-state index in [1.807, 2.05) is 18.2 Å². The summed E-state index contributed by atoms with van der Waals surface area (Å²) in [6.45, 7) is 7.47. The average Bonchev–Trinajstić information content (AvgIpc) is 2.67. The van der Waals surface area contributed by atoms with Crippen molar-refractivity contribution >= 4 is 29.1 Å². The number of carbonyl (C=O) groups is 2. The number of nitrogens with one attached hydrogen (secondary N) is 1. The average molecular weight is 427 g/mol. The fraction of sp³-hybridized carbons (Fsp3) is 0.417. The Morgan fingerprint density at radius 2 is 1.87 bits per heavy atom. The molecule has 0 unspecified atom stereocenters. The molecule has 2 aromatic carbocycles. The summed E-state index contributed by atoms with van der Waals surface area (Å²) in [6, 6.07) is 12.9. The molecule has 1 spiro atoms. The van der Waals surface area contributed by atoms with Crippen molar-refractivity contribution in [3.8, 4) is 5.75 Å². The molecule has 0 aliphatic carbocycles. The fourth-order valence-electron chi connectivity index (χ4n) is 4.13. The number of ether oxygens (including phenoxy) is 1. The molecule has 0 aromatic heterocycles. The minimum absolute atomic E-state index is 0.0217. The molecule has 0 saturated carbocycles. The van der Waals surface area contributed by atoms with Gasteiger partial charge in [-0.25, -0.2) is 4.79 Å². The van der Waals surface area contributed by atoms with Gasteiger partial charge in [0.2, 0.25) is 0 Å². The number of piperidine rings is 1. The summed E-state index contributed by atoms with van der Waals surface area (Å²) >= 11 is 5.99. The maximum Gasteiger partial charge on any atom is 0.321 e. The fourth-order valence-corrected chi connectivity index (χ4v) is 4.32. The summed E-state index contributed by atoms with van der Waals surface area (Å²) in [7, 11) is 0. The third-order valence-electron chi connectivity index (χ3n) is 5.99. The van der Waals surface area contributed by atoms with Gasteiger partial charge in [-0.05, 0) is 41.3 Å². The third kappa shape index (κ3) is 4.17. The van der Waals surface area contributed by atoms with Crippen LogP contribution in [0, 0.1) is 0 Å². The van der Waals surface area contributed by atoms with Crippen molar-refractivity contribution < 1.29 is 14.3 Å². The van der Waals surface area contributed by atoms with Gasteiger partial charge in [0.05, 0.1) is 12.0 Å². The summed E-state index contributed by atoms with van der Waals surface area (Å²) in [5, 5.41) is 3.46. The van der Waals surface area contributed by atoms with Gasteiger partial charge in [-0.3, -0.25) is 4.79 Å². The second kappa shape index (κ2) is 7.62. The van der Waals surface area contributed by atoms with Crippen LogP contribution in [-0.4, -0.2) is 35.4 Å².